The normalized spacial score (nSPS) is 38.5. The standard InChI is InChI=1S/C24H44O2/c1-3-5-7-20-9-11-22(12-10-20)17-23-18-25-24(26-19-23)15-13-21(14-16-24)8-6-4-2/h20-23H,3-19H2,1-2H3. The molecule has 0 aromatic rings. The molecule has 3 rings (SSSR count). The van der Waals surface area contributed by atoms with Crippen LogP contribution in [0.5, 0.6) is 0 Å². The van der Waals surface area contributed by atoms with E-state index in [-0.39, 0.29) is 5.79 Å². The molecular formula is C24H44O2. The van der Waals surface area contributed by atoms with Gasteiger partial charge in [-0.1, -0.05) is 78.1 Å². The van der Waals surface area contributed by atoms with E-state index in [1.165, 1.54) is 83.5 Å². The molecule has 0 N–H and O–H groups in total. The van der Waals surface area contributed by atoms with Crippen LogP contribution in [-0.4, -0.2) is 19.0 Å². The molecule has 1 saturated heterocycles. The van der Waals surface area contributed by atoms with Gasteiger partial charge in [-0.15, -0.1) is 0 Å². The fourth-order valence-corrected chi connectivity index (χ4v) is 5.67. The van der Waals surface area contributed by atoms with Gasteiger partial charge in [-0.05, 0) is 37.0 Å². The number of hydrogen-bond acceptors (Lipinski definition) is 2. The Hall–Kier alpha value is -0.0800. The summed E-state index contributed by atoms with van der Waals surface area (Å²) in [6, 6.07) is 0. The molecule has 0 amide bonds. The second-order valence-electron chi connectivity index (χ2n) is 9.75. The summed E-state index contributed by atoms with van der Waals surface area (Å²) in [7, 11) is 0. The minimum Gasteiger partial charge on any atom is -0.350 e. The van der Waals surface area contributed by atoms with Gasteiger partial charge in [-0.25, -0.2) is 0 Å². The first kappa shape index (κ1) is 20.6. The average Bonchev–Trinajstić information content (AvgIpc) is 2.69. The quantitative estimate of drug-likeness (QED) is 0.457. The van der Waals surface area contributed by atoms with Crippen LogP contribution in [0.25, 0.3) is 0 Å². The molecule has 1 aliphatic heterocycles. The molecule has 2 nitrogen and oxygen atoms in total. The molecule has 26 heavy (non-hydrogen) atoms. The Labute approximate surface area is 162 Å². The highest BCUT2D eigenvalue weighted by Crippen LogP contribution is 2.42. The molecule has 0 unspecified atom stereocenters. The first-order valence-corrected chi connectivity index (χ1v) is 12.0. The topological polar surface area (TPSA) is 18.5 Å². The van der Waals surface area contributed by atoms with Gasteiger partial charge in [0.05, 0.1) is 13.2 Å². The zero-order valence-electron chi connectivity index (χ0n) is 17.6. The highest BCUT2D eigenvalue weighted by atomic mass is 16.7. The number of hydrogen-bond donors (Lipinski definition) is 0. The third-order valence-corrected chi connectivity index (χ3v) is 7.60. The highest BCUT2D eigenvalue weighted by Gasteiger charge is 2.41. The van der Waals surface area contributed by atoms with Crippen molar-refractivity contribution in [2.75, 3.05) is 13.2 Å². The molecule has 1 heterocycles. The summed E-state index contributed by atoms with van der Waals surface area (Å²) in [6.07, 6.45) is 20.5. The molecule has 2 aliphatic carbocycles. The lowest BCUT2D eigenvalue weighted by molar-refractivity contribution is -0.299. The van der Waals surface area contributed by atoms with Crippen LogP contribution >= 0.6 is 0 Å². The van der Waals surface area contributed by atoms with E-state index < -0.39 is 0 Å². The van der Waals surface area contributed by atoms with Crippen molar-refractivity contribution in [3.05, 3.63) is 0 Å². The summed E-state index contributed by atoms with van der Waals surface area (Å²) < 4.78 is 12.7. The van der Waals surface area contributed by atoms with E-state index in [0.717, 1.165) is 43.8 Å². The van der Waals surface area contributed by atoms with E-state index >= 15 is 0 Å². The smallest absolute Gasteiger partial charge is 0.168 e. The van der Waals surface area contributed by atoms with Gasteiger partial charge in [0.1, 0.15) is 0 Å². The van der Waals surface area contributed by atoms with Crippen LogP contribution in [-0.2, 0) is 9.47 Å². The summed E-state index contributed by atoms with van der Waals surface area (Å²) in [5.41, 5.74) is 0. The van der Waals surface area contributed by atoms with Gasteiger partial charge in [0.2, 0.25) is 0 Å². The van der Waals surface area contributed by atoms with E-state index in [0.29, 0.717) is 5.92 Å². The molecule has 0 aromatic carbocycles. The van der Waals surface area contributed by atoms with Crippen molar-refractivity contribution >= 4 is 0 Å². The van der Waals surface area contributed by atoms with E-state index in [9.17, 15) is 0 Å². The minimum absolute atomic E-state index is 0.197. The zero-order valence-corrected chi connectivity index (χ0v) is 17.6. The molecule has 0 aromatic heterocycles. The molecule has 0 bridgehead atoms. The Morgan fingerprint density at radius 3 is 1.69 bits per heavy atom. The van der Waals surface area contributed by atoms with E-state index in [4.69, 9.17) is 9.47 Å². The van der Waals surface area contributed by atoms with Gasteiger partial charge >= 0.3 is 0 Å². The monoisotopic (exact) mass is 364 g/mol. The van der Waals surface area contributed by atoms with Crippen LogP contribution in [0.15, 0.2) is 0 Å². The molecule has 3 aliphatic rings. The maximum absolute atomic E-state index is 6.37. The molecule has 2 heteroatoms. The van der Waals surface area contributed by atoms with Gasteiger partial charge in [0.15, 0.2) is 5.79 Å². The molecule has 0 atom stereocenters. The first-order valence-electron chi connectivity index (χ1n) is 12.0. The van der Waals surface area contributed by atoms with Crippen molar-refractivity contribution in [3.63, 3.8) is 0 Å². The van der Waals surface area contributed by atoms with Crippen molar-refractivity contribution in [2.24, 2.45) is 23.7 Å². The fraction of sp³-hybridized carbons (Fsp3) is 1.00. The van der Waals surface area contributed by atoms with Crippen LogP contribution in [0.4, 0.5) is 0 Å². The van der Waals surface area contributed by atoms with Gasteiger partial charge in [0.25, 0.3) is 0 Å². The van der Waals surface area contributed by atoms with Gasteiger partial charge in [0, 0.05) is 18.8 Å². The van der Waals surface area contributed by atoms with E-state index in [1.807, 2.05) is 0 Å². The maximum Gasteiger partial charge on any atom is 0.168 e. The lowest BCUT2D eigenvalue weighted by Gasteiger charge is -2.45. The second kappa shape index (κ2) is 10.5. The minimum atomic E-state index is -0.197. The molecule has 3 fully saturated rings. The first-order chi connectivity index (χ1) is 12.7. The van der Waals surface area contributed by atoms with Crippen LogP contribution in [0, 0.1) is 23.7 Å². The van der Waals surface area contributed by atoms with Crippen molar-refractivity contribution in [1.29, 1.82) is 0 Å². The lowest BCUT2D eigenvalue weighted by Crippen LogP contribution is -2.47. The lowest BCUT2D eigenvalue weighted by atomic mass is 9.76. The van der Waals surface area contributed by atoms with Crippen LogP contribution in [0.1, 0.15) is 110 Å². The highest BCUT2D eigenvalue weighted by molar-refractivity contribution is 4.84. The average molecular weight is 365 g/mol. The largest absolute Gasteiger partial charge is 0.350 e. The Bertz CT molecular complexity index is 368. The Kier molecular flexibility index (Phi) is 8.31. The number of unbranched alkanes of at least 4 members (excludes halogenated alkanes) is 2. The van der Waals surface area contributed by atoms with Gasteiger partial charge in [-0.3, -0.25) is 0 Å². The predicted molar refractivity (Wildman–Crippen MR) is 109 cm³/mol. The van der Waals surface area contributed by atoms with Gasteiger partial charge in [-0.2, -0.15) is 0 Å². The van der Waals surface area contributed by atoms with Gasteiger partial charge < -0.3 is 9.47 Å². The summed E-state index contributed by atoms with van der Waals surface area (Å²) in [5.74, 6) is 3.33. The zero-order chi connectivity index (χ0) is 18.2. The summed E-state index contributed by atoms with van der Waals surface area (Å²) in [6.45, 7) is 6.53. The van der Waals surface area contributed by atoms with Crippen molar-refractivity contribution in [3.8, 4) is 0 Å². The Morgan fingerprint density at radius 2 is 1.15 bits per heavy atom. The summed E-state index contributed by atoms with van der Waals surface area (Å²) in [4.78, 5) is 0. The summed E-state index contributed by atoms with van der Waals surface area (Å²) >= 11 is 0. The third-order valence-electron chi connectivity index (χ3n) is 7.60. The van der Waals surface area contributed by atoms with Crippen LogP contribution in [0.2, 0.25) is 0 Å². The maximum atomic E-state index is 6.37. The second-order valence-corrected chi connectivity index (χ2v) is 9.75. The Balaban J connectivity index is 1.32. The molecule has 2 saturated carbocycles. The van der Waals surface area contributed by atoms with E-state index in [1.54, 1.807) is 0 Å². The van der Waals surface area contributed by atoms with Crippen molar-refractivity contribution < 1.29 is 9.47 Å². The molecule has 152 valence electrons. The summed E-state index contributed by atoms with van der Waals surface area (Å²) in [5, 5.41) is 0. The number of rotatable bonds is 8. The van der Waals surface area contributed by atoms with Crippen LogP contribution in [0.3, 0.4) is 0 Å². The van der Waals surface area contributed by atoms with Crippen molar-refractivity contribution in [2.45, 2.75) is 116 Å². The fourth-order valence-electron chi connectivity index (χ4n) is 5.67. The molecular weight excluding hydrogens is 320 g/mol. The molecule has 0 radical (unpaired) electrons. The number of ether oxygens (including phenoxy) is 2. The van der Waals surface area contributed by atoms with Crippen LogP contribution < -0.4 is 0 Å². The Morgan fingerprint density at radius 1 is 0.654 bits per heavy atom. The predicted octanol–water partition coefficient (Wildman–Crippen LogP) is 7.11. The third kappa shape index (κ3) is 5.96. The molecule has 1 spiro atoms. The SMILES string of the molecule is CCCCC1CCC(CC2COC3(CCC(CCCC)CC3)OC2)CC1. The van der Waals surface area contributed by atoms with Crippen molar-refractivity contribution in [1.82, 2.24) is 0 Å². The van der Waals surface area contributed by atoms with E-state index in [2.05, 4.69) is 13.8 Å².